The van der Waals surface area contributed by atoms with Crippen LogP contribution in [0.3, 0.4) is 0 Å². The fraction of sp³-hybridized carbons (Fsp3) is 0.500. The van der Waals surface area contributed by atoms with Crippen molar-refractivity contribution in [2.75, 3.05) is 26.3 Å². The van der Waals surface area contributed by atoms with Gasteiger partial charge < -0.3 is 20.1 Å². The third-order valence-corrected chi connectivity index (χ3v) is 8.45. The molecule has 4 rings (SSSR count). The van der Waals surface area contributed by atoms with Gasteiger partial charge in [-0.25, -0.2) is 0 Å². The summed E-state index contributed by atoms with van der Waals surface area (Å²) in [6.07, 6.45) is 2.76. The quantitative estimate of drug-likeness (QED) is 0.679. The van der Waals surface area contributed by atoms with Crippen LogP contribution in [0.2, 0.25) is 0 Å². The average molecular weight is 479 g/mol. The van der Waals surface area contributed by atoms with E-state index in [1.807, 2.05) is 24.0 Å². The van der Waals surface area contributed by atoms with Crippen molar-refractivity contribution in [3.63, 3.8) is 0 Å². The Morgan fingerprint density at radius 1 is 1.38 bits per heavy atom. The number of fused-ring (bicyclic) bond motifs is 2. The van der Waals surface area contributed by atoms with Gasteiger partial charge in [0.1, 0.15) is 5.75 Å². The van der Waals surface area contributed by atoms with Crippen molar-refractivity contribution in [1.82, 2.24) is 4.90 Å². The number of likely N-dealkylation sites (tertiary alicyclic amines) is 1. The van der Waals surface area contributed by atoms with E-state index >= 15 is 0 Å². The van der Waals surface area contributed by atoms with Crippen LogP contribution in [0.25, 0.3) is 0 Å². The predicted molar refractivity (Wildman–Crippen MR) is 119 cm³/mol. The van der Waals surface area contributed by atoms with Crippen molar-refractivity contribution in [1.29, 1.82) is 0 Å². The summed E-state index contributed by atoms with van der Waals surface area (Å²) < 4.78 is 12.7. The minimum atomic E-state index is -0.00221. The molecule has 0 saturated carbocycles. The Bertz CT molecular complexity index is 919. The summed E-state index contributed by atoms with van der Waals surface area (Å²) >= 11 is 5.04. The molecule has 2 aliphatic heterocycles. The Kier molecular flexibility index (Phi) is 5.91. The number of nitrogens with zero attached hydrogens (tertiary/aromatic N) is 1. The Balaban J connectivity index is 1.49. The summed E-state index contributed by atoms with van der Waals surface area (Å²) in [7, 11) is 0. The van der Waals surface area contributed by atoms with E-state index in [0.29, 0.717) is 19.8 Å². The van der Waals surface area contributed by atoms with E-state index in [0.717, 1.165) is 63.6 Å². The molecule has 2 aromatic rings. The first-order chi connectivity index (χ1) is 14.0. The van der Waals surface area contributed by atoms with E-state index in [9.17, 15) is 4.79 Å². The van der Waals surface area contributed by atoms with Crippen molar-refractivity contribution >= 4 is 33.2 Å². The number of carbonyl (C=O) groups excluding carboxylic acids is 1. The number of hydrogen-bond donors (Lipinski definition) is 1. The van der Waals surface area contributed by atoms with Gasteiger partial charge in [0.2, 0.25) is 0 Å². The van der Waals surface area contributed by atoms with Crippen LogP contribution in [-0.2, 0) is 12.0 Å². The number of ether oxygens (including phenoxy) is 2. The summed E-state index contributed by atoms with van der Waals surface area (Å²) in [5.74, 6) is 1.07. The number of hydrogen-bond acceptors (Lipinski definition) is 5. The highest BCUT2D eigenvalue weighted by Gasteiger charge is 2.44. The lowest BCUT2D eigenvalue weighted by Gasteiger charge is -2.38. The molecular formula is C22H27BrN2O3S. The van der Waals surface area contributed by atoms with Crippen molar-refractivity contribution in [2.24, 2.45) is 5.73 Å². The second kappa shape index (κ2) is 8.28. The Morgan fingerprint density at radius 3 is 2.83 bits per heavy atom. The zero-order chi connectivity index (χ0) is 20.6. The third-order valence-electron chi connectivity index (χ3n) is 6.04. The van der Waals surface area contributed by atoms with E-state index in [1.54, 1.807) is 0 Å². The lowest BCUT2D eigenvalue weighted by atomic mass is 9.74. The normalized spacial score (nSPS) is 17.3. The summed E-state index contributed by atoms with van der Waals surface area (Å²) in [6, 6.07) is 6.26. The molecule has 1 spiro atoms. The third kappa shape index (κ3) is 3.68. The maximum atomic E-state index is 13.2. The molecule has 29 heavy (non-hydrogen) atoms. The van der Waals surface area contributed by atoms with Crippen molar-refractivity contribution in [2.45, 2.75) is 45.1 Å². The van der Waals surface area contributed by atoms with E-state index in [4.69, 9.17) is 15.2 Å². The number of halogens is 1. The molecule has 3 heterocycles. The maximum absolute atomic E-state index is 13.2. The van der Waals surface area contributed by atoms with Crippen molar-refractivity contribution in [3.8, 4) is 10.8 Å². The van der Waals surface area contributed by atoms with Gasteiger partial charge in [0.15, 0.2) is 5.06 Å². The number of rotatable bonds is 5. The molecule has 5 nitrogen and oxygen atoms in total. The number of amides is 1. The number of carbonyl (C=O) groups is 1. The molecule has 1 amide bonds. The SMILES string of the molecule is CCCOc1sc(C(=O)N2CCC3(CC2)COc2ccc(CN)cc23)c(C)c1Br. The van der Waals surface area contributed by atoms with Gasteiger partial charge in [-0.2, -0.15) is 0 Å². The van der Waals surface area contributed by atoms with Gasteiger partial charge in [0.25, 0.3) is 5.91 Å². The molecule has 0 radical (unpaired) electrons. The summed E-state index contributed by atoms with van der Waals surface area (Å²) in [5, 5.41) is 0.800. The summed E-state index contributed by atoms with van der Waals surface area (Å²) in [6.45, 7) is 7.39. The molecule has 0 aliphatic carbocycles. The van der Waals surface area contributed by atoms with Crippen LogP contribution in [0, 0.1) is 6.92 Å². The number of nitrogens with two attached hydrogens (primary N) is 1. The van der Waals surface area contributed by atoms with E-state index in [2.05, 4.69) is 28.9 Å². The van der Waals surface area contributed by atoms with Gasteiger partial charge in [-0.15, -0.1) is 0 Å². The molecule has 1 fully saturated rings. The van der Waals surface area contributed by atoms with Crippen molar-refractivity contribution < 1.29 is 14.3 Å². The maximum Gasteiger partial charge on any atom is 0.264 e. The Labute approximate surface area is 184 Å². The smallest absolute Gasteiger partial charge is 0.264 e. The number of thiophene rings is 1. The van der Waals surface area contributed by atoms with E-state index in [1.165, 1.54) is 16.9 Å². The monoisotopic (exact) mass is 478 g/mol. The first kappa shape index (κ1) is 20.7. The highest BCUT2D eigenvalue weighted by Crippen LogP contribution is 2.46. The van der Waals surface area contributed by atoms with E-state index in [-0.39, 0.29) is 11.3 Å². The van der Waals surface area contributed by atoms with Crippen LogP contribution in [0.5, 0.6) is 10.8 Å². The molecule has 0 bridgehead atoms. The van der Waals surface area contributed by atoms with Crippen LogP contribution in [0.1, 0.15) is 52.5 Å². The zero-order valence-corrected chi connectivity index (χ0v) is 19.3. The highest BCUT2D eigenvalue weighted by atomic mass is 79.9. The molecule has 0 atom stereocenters. The second-order valence-corrected chi connectivity index (χ2v) is 9.68. The van der Waals surface area contributed by atoms with E-state index < -0.39 is 0 Å². The van der Waals surface area contributed by atoms with Gasteiger partial charge in [0, 0.05) is 30.6 Å². The van der Waals surface area contributed by atoms with Crippen LogP contribution in [0.15, 0.2) is 22.7 Å². The molecule has 1 aromatic carbocycles. The minimum Gasteiger partial charge on any atom is -0.492 e. The predicted octanol–water partition coefficient (Wildman–Crippen LogP) is 4.63. The second-order valence-electron chi connectivity index (χ2n) is 7.90. The molecule has 156 valence electrons. The molecule has 1 aromatic heterocycles. The Morgan fingerprint density at radius 2 is 2.14 bits per heavy atom. The summed E-state index contributed by atoms with van der Waals surface area (Å²) in [5.41, 5.74) is 9.20. The highest BCUT2D eigenvalue weighted by molar-refractivity contribution is 9.10. The van der Waals surface area contributed by atoms with Crippen LogP contribution >= 0.6 is 27.3 Å². The van der Waals surface area contributed by atoms with Gasteiger partial charge in [-0.05, 0) is 59.3 Å². The molecule has 2 N–H and O–H groups in total. The lowest BCUT2D eigenvalue weighted by Crippen LogP contribution is -2.46. The molecule has 0 unspecified atom stereocenters. The standard InChI is InChI=1S/C22H27BrN2O3S/c1-3-10-27-21-18(23)14(2)19(29-21)20(26)25-8-6-22(7-9-25)13-28-17-5-4-15(12-24)11-16(17)22/h4-5,11H,3,6-10,12-13,24H2,1-2H3. The summed E-state index contributed by atoms with van der Waals surface area (Å²) in [4.78, 5) is 16.0. The molecule has 7 heteroatoms. The van der Waals surface area contributed by atoms with Gasteiger partial charge in [-0.3, -0.25) is 4.79 Å². The van der Waals surface area contributed by atoms with Crippen LogP contribution < -0.4 is 15.2 Å². The fourth-order valence-corrected chi connectivity index (χ4v) is 5.92. The van der Waals surface area contributed by atoms with Gasteiger partial charge in [0.05, 0.1) is 22.6 Å². The zero-order valence-electron chi connectivity index (χ0n) is 16.9. The van der Waals surface area contributed by atoms with Crippen molar-refractivity contribution in [3.05, 3.63) is 44.2 Å². The lowest BCUT2D eigenvalue weighted by molar-refractivity contribution is 0.0650. The van der Waals surface area contributed by atoms with Gasteiger partial charge in [-0.1, -0.05) is 30.4 Å². The molecule has 1 saturated heterocycles. The molecular weight excluding hydrogens is 452 g/mol. The fourth-order valence-electron chi connectivity index (χ4n) is 4.19. The van der Waals surface area contributed by atoms with Gasteiger partial charge >= 0.3 is 0 Å². The average Bonchev–Trinajstić information content (AvgIpc) is 3.24. The largest absolute Gasteiger partial charge is 0.492 e. The number of piperidine rings is 1. The number of benzene rings is 1. The molecule has 2 aliphatic rings. The first-order valence-electron chi connectivity index (χ1n) is 10.2. The first-order valence-corrected chi connectivity index (χ1v) is 11.8. The Hall–Kier alpha value is -1.57. The minimum absolute atomic E-state index is 0.00221. The topological polar surface area (TPSA) is 64.8 Å². The van der Waals surface area contributed by atoms with Crippen LogP contribution in [-0.4, -0.2) is 37.1 Å². The van der Waals surface area contributed by atoms with Crippen LogP contribution in [0.4, 0.5) is 0 Å².